The van der Waals surface area contributed by atoms with Crippen molar-refractivity contribution in [1.82, 2.24) is 25.5 Å². The molecule has 2 rings (SSSR count). The van der Waals surface area contributed by atoms with E-state index in [4.69, 9.17) is 10.7 Å². The molecular weight excluding hydrogens is 496 g/mol. The van der Waals surface area contributed by atoms with Crippen LogP contribution in [-0.4, -0.2) is 78.9 Å². The summed E-state index contributed by atoms with van der Waals surface area (Å²) in [5.74, 6) is -0.263. The maximum Gasteiger partial charge on any atom is 0.271 e. The summed E-state index contributed by atoms with van der Waals surface area (Å²) < 4.78 is 0. The van der Waals surface area contributed by atoms with Gasteiger partial charge in [-0.1, -0.05) is 25.1 Å². The van der Waals surface area contributed by atoms with E-state index >= 15 is 0 Å². The van der Waals surface area contributed by atoms with Gasteiger partial charge in [0.2, 0.25) is 11.8 Å². The van der Waals surface area contributed by atoms with Crippen LogP contribution in [0.25, 0.3) is 0 Å². The lowest BCUT2D eigenvalue weighted by molar-refractivity contribution is -0.126. The summed E-state index contributed by atoms with van der Waals surface area (Å²) >= 11 is 0. The highest BCUT2D eigenvalue weighted by Crippen LogP contribution is 2.25. The number of anilines is 3. The van der Waals surface area contributed by atoms with Crippen molar-refractivity contribution in [3.8, 4) is 0 Å². The van der Waals surface area contributed by atoms with Gasteiger partial charge in [-0.15, -0.1) is 0 Å². The predicted octanol–water partition coefficient (Wildman–Crippen LogP) is 2.01. The van der Waals surface area contributed by atoms with Crippen molar-refractivity contribution in [2.24, 2.45) is 5.73 Å². The summed E-state index contributed by atoms with van der Waals surface area (Å²) in [5.41, 5.74) is 8.08. The van der Waals surface area contributed by atoms with Crippen molar-refractivity contribution in [3.63, 3.8) is 0 Å². The minimum absolute atomic E-state index is 0.0815. The monoisotopic (exact) mass is 538 g/mol. The highest BCUT2D eigenvalue weighted by molar-refractivity contribution is 5.96. The minimum atomic E-state index is -0.662. The van der Waals surface area contributed by atoms with Crippen molar-refractivity contribution >= 4 is 35.0 Å². The fraction of sp³-hybridized carbons (Fsp3) is 0.464. The lowest BCUT2D eigenvalue weighted by Crippen LogP contribution is -2.44. The van der Waals surface area contributed by atoms with Gasteiger partial charge < -0.3 is 31.5 Å². The Balaban J connectivity index is 2.06. The van der Waals surface area contributed by atoms with Crippen molar-refractivity contribution in [2.45, 2.75) is 52.6 Å². The van der Waals surface area contributed by atoms with E-state index < -0.39 is 11.9 Å². The largest absolute Gasteiger partial charge is 0.364 e. The Morgan fingerprint density at radius 3 is 2.44 bits per heavy atom. The Hall–Kier alpha value is -3.99. The first kappa shape index (κ1) is 31.2. The second kappa shape index (κ2) is 14.8. The number of aromatic nitrogens is 2. The molecule has 2 aromatic rings. The average molecular weight is 539 g/mol. The van der Waals surface area contributed by atoms with Gasteiger partial charge in [0.05, 0.1) is 5.69 Å². The molecule has 1 atom stereocenters. The lowest BCUT2D eigenvalue weighted by atomic mass is 10.1. The summed E-state index contributed by atoms with van der Waals surface area (Å²) in [6.45, 7) is 8.73. The van der Waals surface area contributed by atoms with Crippen LogP contribution in [0.3, 0.4) is 0 Å². The molecule has 0 spiro atoms. The van der Waals surface area contributed by atoms with Crippen LogP contribution in [0, 0.1) is 0 Å². The molecule has 212 valence electrons. The van der Waals surface area contributed by atoms with Gasteiger partial charge in [-0.2, -0.15) is 0 Å². The number of nitrogens with one attached hydrogen (secondary N) is 3. The fourth-order valence-corrected chi connectivity index (χ4v) is 3.61. The third-order valence-electron chi connectivity index (χ3n) is 6.02. The maximum absolute atomic E-state index is 12.4. The number of nitrogens with zero attached hydrogens (tertiary/aromatic N) is 4. The minimum Gasteiger partial charge on any atom is -0.364 e. The molecule has 39 heavy (non-hydrogen) atoms. The molecule has 5 N–H and O–H groups in total. The van der Waals surface area contributed by atoms with Crippen LogP contribution in [-0.2, 0) is 22.4 Å². The van der Waals surface area contributed by atoms with Crippen LogP contribution in [0.2, 0.25) is 0 Å². The number of primary amides is 1. The molecule has 0 bridgehead atoms. The highest BCUT2D eigenvalue weighted by atomic mass is 16.2. The number of carbonyl (C=O) groups excluding carboxylic acids is 3. The molecule has 0 aliphatic heterocycles. The van der Waals surface area contributed by atoms with E-state index in [0.717, 1.165) is 5.56 Å². The van der Waals surface area contributed by atoms with E-state index in [9.17, 15) is 14.4 Å². The Kier molecular flexibility index (Phi) is 11.9. The highest BCUT2D eigenvalue weighted by Gasteiger charge is 2.20. The van der Waals surface area contributed by atoms with Crippen molar-refractivity contribution in [3.05, 3.63) is 53.4 Å². The molecule has 0 aliphatic carbocycles. The lowest BCUT2D eigenvalue weighted by Gasteiger charge is -2.25. The second-order valence-corrected chi connectivity index (χ2v) is 9.87. The zero-order valence-corrected chi connectivity index (χ0v) is 24.0. The summed E-state index contributed by atoms with van der Waals surface area (Å²) in [6, 6.07) is 7.11. The van der Waals surface area contributed by atoms with Gasteiger partial charge in [0.1, 0.15) is 6.04 Å². The molecule has 11 heteroatoms. The maximum atomic E-state index is 12.4. The Morgan fingerprint density at radius 2 is 1.82 bits per heavy atom. The molecule has 3 amide bonds. The number of amides is 3. The van der Waals surface area contributed by atoms with Crippen molar-refractivity contribution < 1.29 is 14.4 Å². The summed E-state index contributed by atoms with van der Waals surface area (Å²) in [5, 5.41) is 8.71. The number of rotatable bonds is 14. The molecule has 1 aromatic carbocycles. The van der Waals surface area contributed by atoms with E-state index in [0.29, 0.717) is 43.1 Å². The van der Waals surface area contributed by atoms with Crippen LogP contribution < -0.4 is 26.6 Å². The van der Waals surface area contributed by atoms with Gasteiger partial charge >= 0.3 is 0 Å². The fourth-order valence-electron chi connectivity index (χ4n) is 3.61. The smallest absolute Gasteiger partial charge is 0.271 e. The third kappa shape index (κ3) is 9.68. The Morgan fingerprint density at radius 1 is 1.10 bits per heavy atom. The number of aryl methyl sites for hydroxylation is 1. The number of benzene rings is 1. The molecule has 1 aromatic heterocycles. The van der Waals surface area contributed by atoms with E-state index in [1.165, 1.54) is 6.08 Å². The molecule has 0 saturated heterocycles. The van der Waals surface area contributed by atoms with Crippen LogP contribution in [0.4, 0.5) is 17.3 Å². The van der Waals surface area contributed by atoms with E-state index in [1.807, 2.05) is 62.1 Å². The van der Waals surface area contributed by atoms with Gasteiger partial charge in [0.25, 0.3) is 5.91 Å². The molecule has 11 nitrogen and oxygen atoms in total. The molecule has 1 unspecified atom stereocenters. The molecular formula is C28H42N8O3. The Bertz CT molecular complexity index is 1180. The zero-order valence-electron chi connectivity index (χ0n) is 24.0. The van der Waals surface area contributed by atoms with Crippen LogP contribution in [0.15, 0.2) is 36.4 Å². The van der Waals surface area contributed by atoms with Crippen molar-refractivity contribution in [2.75, 3.05) is 44.4 Å². The van der Waals surface area contributed by atoms with E-state index in [2.05, 4.69) is 34.8 Å². The Labute approximate surface area is 231 Å². The standard InChI is InChI=1S/C28H42N8O3/c1-8-22-27(36(7)18(2)3)34-26(24(33-22)25(29)38)32-21-12-9-11-20(17-21)14-15-30-28(39)19(4)31-23(37)13-10-16-35(5)6/h9-13,17-19H,8,14-16H2,1-7H3,(H2,29,38)(H,30,39)(H,31,37)(H,32,34)/b13-10+. The topological polar surface area (TPSA) is 146 Å². The van der Waals surface area contributed by atoms with Gasteiger partial charge in [0, 0.05) is 37.9 Å². The normalized spacial score (nSPS) is 12.0. The van der Waals surface area contributed by atoms with Gasteiger partial charge in [-0.25, -0.2) is 9.97 Å². The summed E-state index contributed by atoms with van der Waals surface area (Å²) in [7, 11) is 5.75. The predicted molar refractivity (Wildman–Crippen MR) is 155 cm³/mol. The molecule has 0 saturated carbocycles. The van der Waals surface area contributed by atoms with E-state index in [-0.39, 0.29) is 29.4 Å². The zero-order chi connectivity index (χ0) is 29.1. The van der Waals surface area contributed by atoms with Crippen molar-refractivity contribution in [1.29, 1.82) is 0 Å². The summed E-state index contributed by atoms with van der Waals surface area (Å²) in [4.78, 5) is 49.7. The number of hydrogen-bond donors (Lipinski definition) is 4. The van der Waals surface area contributed by atoms with Crippen LogP contribution >= 0.6 is 0 Å². The van der Waals surface area contributed by atoms with Gasteiger partial charge in [0.15, 0.2) is 17.3 Å². The number of likely N-dealkylation sites (N-methyl/N-ethyl adjacent to an activating group) is 1. The molecule has 0 fully saturated rings. The van der Waals surface area contributed by atoms with Crippen LogP contribution in [0.1, 0.15) is 49.4 Å². The summed E-state index contributed by atoms with van der Waals surface area (Å²) in [6.07, 6.45) is 4.34. The van der Waals surface area contributed by atoms with Crippen LogP contribution in [0.5, 0.6) is 0 Å². The first-order chi connectivity index (χ1) is 18.4. The average Bonchev–Trinajstić information content (AvgIpc) is 2.87. The molecule has 0 radical (unpaired) electrons. The first-order valence-corrected chi connectivity index (χ1v) is 13.1. The number of nitrogens with two attached hydrogens (primary N) is 1. The quantitative estimate of drug-likeness (QED) is 0.267. The number of hydrogen-bond acceptors (Lipinski definition) is 8. The van der Waals surface area contributed by atoms with Gasteiger partial charge in [-0.05, 0) is 65.4 Å². The van der Waals surface area contributed by atoms with E-state index in [1.54, 1.807) is 13.0 Å². The number of carbonyl (C=O) groups is 3. The second-order valence-electron chi connectivity index (χ2n) is 9.87. The first-order valence-electron chi connectivity index (χ1n) is 13.1. The molecule has 0 aliphatic rings. The third-order valence-corrected chi connectivity index (χ3v) is 6.02. The molecule has 1 heterocycles. The van der Waals surface area contributed by atoms with Gasteiger partial charge in [-0.3, -0.25) is 14.4 Å². The SMILES string of the molecule is CCc1nc(C(N)=O)c(Nc2cccc(CCNC(=O)C(C)NC(=O)/C=C/CN(C)C)c2)nc1N(C)C(C)C.